The van der Waals surface area contributed by atoms with Crippen molar-refractivity contribution in [3.63, 3.8) is 0 Å². The highest BCUT2D eigenvalue weighted by atomic mass is 16.6. The summed E-state index contributed by atoms with van der Waals surface area (Å²) in [5.41, 5.74) is 1.16. The second-order valence-corrected chi connectivity index (χ2v) is 4.75. The first-order chi connectivity index (χ1) is 10.5. The van der Waals surface area contributed by atoms with Crippen molar-refractivity contribution >= 4 is 17.7 Å². The lowest BCUT2D eigenvalue weighted by molar-refractivity contribution is -0.384. The van der Waals surface area contributed by atoms with Crippen LogP contribution in [0.5, 0.6) is 0 Å². The highest BCUT2D eigenvalue weighted by Crippen LogP contribution is 2.26. The number of non-ortho nitro benzene ring substituents is 1. The molecule has 1 aliphatic heterocycles. The minimum Gasteiger partial charge on any atom is -0.457 e. The van der Waals surface area contributed by atoms with E-state index in [9.17, 15) is 14.9 Å². The molecule has 0 unspecified atom stereocenters. The van der Waals surface area contributed by atoms with E-state index < -0.39 is 10.9 Å². The molecule has 0 N–H and O–H groups in total. The zero-order chi connectivity index (χ0) is 15.7. The fraction of sp³-hybridized carbons (Fsp3) is 0.0625. The number of allylic oxidation sites excluding steroid dienone is 1. The number of nitro benzene ring substituents is 1. The maximum atomic E-state index is 11.5. The molecule has 1 aromatic carbocycles. The van der Waals surface area contributed by atoms with Crippen molar-refractivity contribution in [3.05, 3.63) is 69.7 Å². The molecule has 0 atom stereocenters. The second-order valence-electron chi connectivity index (χ2n) is 4.75. The maximum Gasteiger partial charge on any atom is 0.343 e. The molecule has 3 rings (SSSR count). The Kier molecular flexibility index (Phi) is 3.34. The van der Waals surface area contributed by atoms with Crippen LogP contribution < -0.4 is 0 Å². The third-order valence-corrected chi connectivity index (χ3v) is 3.14. The van der Waals surface area contributed by atoms with E-state index in [1.165, 1.54) is 12.1 Å². The van der Waals surface area contributed by atoms with Crippen molar-refractivity contribution in [2.24, 2.45) is 0 Å². The second kappa shape index (κ2) is 5.33. The van der Waals surface area contributed by atoms with Crippen LogP contribution in [0, 0.1) is 10.1 Å². The van der Waals surface area contributed by atoms with E-state index in [4.69, 9.17) is 9.15 Å². The zero-order valence-electron chi connectivity index (χ0n) is 11.6. The van der Waals surface area contributed by atoms with Crippen molar-refractivity contribution in [1.29, 1.82) is 0 Å². The number of carbonyl (C=O) groups is 1. The molecule has 0 aliphatic carbocycles. The van der Waals surface area contributed by atoms with Gasteiger partial charge in [0.1, 0.15) is 17.3 Å². The van der Waals surface area contributed by atoms with Crippen LogP contribution in [-0.4, -0.2) is 10.9 Å². The normalized spacial score (nSPS) is 15.8. The van der Waals surface area contributed by atoms with Crippen molar-refractivity contribution in [2.75, 3.05) is 0 Å². The molecule has 0 saturated carbocycles. The van der Waals surface area contributed by atoms with Gasteiger partial charge in [0, 0.05) is 17.7 Å². The lowest BCUT2D eigenvalue weighted by atomic mass is 10.1. The highest BCUT2D eigenvalue weighted by Gasteiger charge is 2.18. The molecule has 1 aliphatic rings. The fourth-order valence-corrected chi connectivity index (χ4v) is 2.10. The molecule has 2 aromatic rings. The number of hydrogen-bond donors (Lipinski definition) is 0. The highest BCUT2D eigenvalue weighted by molar-refractivity contribution is 5.99. The summed E-state index contributed by atoms with van der Waals surface area (Å²) in [6, 6.07) is 9.51. The number of ether oxygens (including phenoxy) is 1. The quantitative estimate of drug-likeness (QED) is 0.373. The van der Waals surface area contributed by atoms with Crippen LogP contribution in [0.4, 0.5) is 5.69 Å². The van der Waals surface area contributed by atoms with E-state index in [1.807, 2.05) is 0 Å². The fourth-order valence-electron chi connectivity index (χ4n) is 2.10. The van der Waals surface area contributed by atoms with Crippen molar-refractivity contribution in [1.82, 2.24) is 0 Å². The average Bonchev–Trinajstić information content (AvgIpc) is 3.06. The van der Waals surface area contributed by atoms with Gasteiger partial charge in [0.25, 0.3) is 5.69 Å². The Bertz CT molecular complexity index is 811. The lowest BCUT2D eigenvalue weighted by Gasteiger charge is -1.96. The van der Waals surface area contributed by atoms with Crippen LogP contribution in [0.25, 0.3) is 17.4 Å². The van der Waals surface area contributed by atoms with E-state index in [1.54, 1.807) is 43.3 Å². The molecule has 0 saturated heterocycles. The molecule has 110 valence electrons. The molecule has 0 radical (unpaired) electrons. The van der Waals surface area contributed by atoms with Gasteiger partial charge in [0.2, 0.25) is 0 Å². The van der Waals surface area contributed by atoms with Crippen molar-refractivity contribution < 1.29 is 18.9 Å². The van der Waals surface area contributed by atoms with E-state index in [0.29, 0.717) is 22.9 Å². The number of rotatable bonds is 3. The van der Waals surface area contributed by atoms with Gasteiger partial charge in [0.15, 0.2) is 0 Å². The van der Waals surface area contributed by atoms with Gasteiger partial charge in [0.05, 0.1) is 10.5 Å². The number of nitrogens with zero attached hydrogens (tertiary/aromatic N) is 1. The van der Waals surface area contributed by atoms with Gasteiger partial charge in [-0.15, -0.1) is 0 Å². The maximum absolute atomic E-state index is 11.5. The first-order valence-corrected chi connectivity index (χ1v) is 6.50. The van der Waals surface area contributed by atoms with Crippen LogP contribution >= 0.6 is 0 Å². The van der Waals surface area contributed by atoms with Gasteiger partial charge < -0.3 is 9.15 Å². The zero-order valence-corrected chi connectivity index (χ0v) is 11.6. The molecule has 6 heteroatoms. The molecule has 2 heterocycles. The van der Waals surface area contributed by atoms with E-state index in [2.05, 4.69) is 0 Å². The van der Waals surface area contributed by atoms with Gasteiger partial charge in [-0.05, 0) is 43.3 Å². The number of benzene rings is 1. The van der Waals surface area contributed by atoms with Gasteiger partial charge in [-0.2, -0.15) is 0 Å². The Labute approximate surface area is 125 Å². The van der Waals surface area contributed by atoms with Crippen LogP contribution in [0.15, 0.2) is 58.2 Å². The first kappa shape index (κ1) is 13.8. The van der Waals surface area contributed by atoms with Gasteiger partial charge >= 0.3 is 5.97 Å². The SMILES string of the molecule is CC1=C/C(=C/c2ccc(-c3ccc([N+](=O)[O-])cc3)o2)C(=O)O1. The Morgan fingerprint density at radius 3 is 2.45 bits per heavy atom. The monoisotopic (exact) mass is 297 g/mol. The summed E-state index contributed by atoms with van der Waals surface area (Å²) in [4.78, 5) is 21.7. The number of cyclic esters (lactones) is 1. The van der Waals surface area contributed by atoms with Crippen molar-refractivity contribution in [3.8, 4) is 11.3 Å². The van der Waals surface area contributed by atoms with Crippen LogP contribution in [0.3, 0.4) is 0 Å². The molecule has 0 spiro atoms. The number of nitro groups is 1. The Morgan fingerprint density at radius 2 is 1.86 bits per heavy atom. The molecular formula is C16H11NO5. The van der Waals surface area contributed by atoms with Gasteiger partial charge in [-0.25, -0.2) is 4.79 Å². The smallest absolute Gasteiger partial charge is 0.343 e. The lowest BCUT2D eigenvalue weighted by Crippen LogP contribution is -1.95. The van der Waals surface area contributed by atoms with Gasteiger partial charge in [-0.3, -0.25) is 10.1 Å². The molecule has 1 aromatic heterocycles. The Morgan fingerprint density at radius 1 is 1.14 bits per heavy atom. The summed E-state index contributed by atoms with van der Waals surface area (Å²) in [6.45, 7) is 1.70. The van der Waals surface area contributed by atoms with Crippen LogP contribution in [0.2, 0.25) is 0 Å². The Hall–Kier alpha value is -3.15. The molecule has 0 fully saturated rings. The average molecular weight is 297 g/mol. The third kappa shape index (κ3) is 2.67. The van der Waals surface area contributed by atoms with E-state index >= 15 is 0 Å². The molecular weight excluding hydrogens is 286 g/mol. The largest absolute Gasteiger partial charge is 0.457 e. The topological polar surface area (TPSA) is 82.6 Å². The summed E-state index contributed by atoms with van der Waals surface area (Å²) < 4.78 is 10.6. The number of hydrogen-bond acceptors (Lipinski definition) is 5. The summed E-state index contributed by atoms with van der Waals surface area (Å²) in [7, 11) is 0. The number of esters is 1. The summed E-state index contributed by atoms with van der Waals surface area (Å²) in [5.74, 6) is 1.20. The predicted molar refractivity (Wildman–Crippen MR) is 78.6 cm³/mol. The minimum atomic E-state index is -0.456. The summed E-state index contributed by atoms with van der Waals surface area (Å²) in [6.07, 6.45) is 3.23. The van der Waals surface area contributed by atoms with Crippen molar-refractivity contribution in [2.45, 2.75) is 6.92 Å². The molecule has 0 bridgehead atoms. The molecule has 6 nitrogen and oxygen atoms in total. The van der Waals surface area contributed by atoms with Crippen LogP contribution in [0.1, 0.15) is 12.7 Å². The first-order valence-electron chi connectivity index (χ1n) is 6.50. The Balaban J connectivity index is 1.86. The van der Waals surface area contributed by atoms with Crippen LogP contribution in [-0.2, 0) is 9.53 Å². The summed E-state index contributed by atoms with van der Waals surface area (Å²) >= 11 is 0. The standard InChI is InChI=1S/C16H11NO5/c1-10-8-12(16(18)21-10)9-14-6-7-15(22-14)11-2-4-13(5-3-11)17(19)20/h2-9H,1H3/b12-9-. The summed E-state index contributed by atoms with van der Waals surface area (Å²) in [5, 5.41) is 10.6. The molecule has 0 amide bonds. The number of furan rings is 1. The predicted octanol–water partition coefficient (Wildman–Crippen LogP) is 3.70. The number of carbonyl (C=O) groups excluding carboxylic acids is 1. The van der Waals surface area contributed by atoms with E-state index in [0.717, 1.165) is 5.56 Å². The minimum absolute atomic E-state index is 0.0203. The molecule has 22 heavy (non-hydrogen) atoms. The van der Waals surface area contributed by atoms with Gasteiger partial charge in [-0.1, -0.05) is 0 Å². The van der Waals surface area contributed by atoms with E-state index in [-0.39, 0.29) is 5.69 Å². The third-order valence-electron chi connectivity index (χ3n) is 3.14.